The quantitative estimate of drug-likeness (QED) is 0.464. The minimum atomic E-state index is -0.694. The molecule has 0 spiro atoms. The maximum atomic E-state index is 11.9. The molecule has 3 amide bonds. The van der Waals surface area contributed by atoms with Crippen molar-refractivity contribution in [1.82, 2.24) is 16.0 Å². The van der Waals surface area contributed by atoms with Crippen molar-refractivity contribution in [3.8, 4) is 0 Å². The first-order valence-electron chi connectivity index (χ1n) is 6.69. The van der Waals surface area contributed by atoms with Gasteiger partial charge in [0.1, 0.15) is 6.04 Å². The molecular formula is C13H23N3O4. The van der Waals surface area contributed by atoms with E-state index in [9.17, 15) is 19.2 Å². The molecule has 0 heterocycles. The van der Waals surface area contributed by atoms with Gasteiger partial charge in [0.05, 0.1) is 13.1 Å². The SMILES string of the molecule is CCCC(NC(=O)CNC=O)C(=O)NCC(=O)C(C)C. The highest BCUT2D eigenvalue weighted by Gasteiger charge is 2.20. The van der Waals surface area contributed by atoms with Gasteiger partial charge in [0.25, 0.3) is 0 Å². The maximum Gasteiger partial charge on any atom is 0.242 e. The van der Waals surface area contributed by atoms with E-state index >= 15 is 0 Å². The number of carbonyl (C=O) groups excluding carboxylic acids is 4. The van der Waals surface area contributed by atoms with Crippen molar-refractivity contribution in [1.29, 1.82) is 0 Å². The second-order valence-electron chi connectivity index (χ2n) is 4.75. The number of ketones is 1. The number of Topliss-reactive ketones (excluding diaryl/α,β-unsaturated/α-hetero) is 1. The van der Waals surface area contributed by atoms with E-state index in [2.05, 4.69) is 16.0 Å². The highest BCUT2D eigenvalue weighted by Crippen LogP contribution is 1.98. The Hall–Kier alpha value is -1.92. The predicted octanol–water partition coefficient (Wildman–Crippen LogP) is -0.641. The van der Waals surface area contributed by atoms with E-state index in [4.69, 9.17) is 0 Å². The van der Waals surface area contributed by atoms with Crippen LogP contribution in [-0.4, -0.2) is 43.1 Å². The monoisotopic (exact) mass is 285 g/mol. The summed E-state index contributed by atoms with van der Waals surface area (Å²) in [5.74, 6) is -1.05. The lowest BCUT2D eigenvalue weighted by Gasteiger charge is -2.17. The van der Waals surface area contributed by atoms with E-state index in [0.29, 0.717) is 19.3 Å². The molecule has 114 valence electrons. The van der Waals surface area contributed by atoms with Gasteiger partial charge in [0.15, 0.2) is 5.78 Å². The first-order chi connectivity index (χ1) is 9.42. The molecule has 7 heteroatoms. The van der Waals surface area contributed by atoms with Crippen molar-refractivity contribution in [2.45, 2.75) is 39.7 Å². The standard InChI is InChI=1S/C13H23N3O4/c1-4-5-10(16-12(19)7-14-8-17)13(20)15-6-11(18)9(2)3/h8-10H,4-7H2,1-3H3,(H,14,17)(H,15,20)(H,16,19). The first kappa shape index (κ1) is 18.1. The lowest BCUT2D eigenvalue weighted by molar-refractivity contribution is -0.130. The normalized spacial score (nSPS) is 11.6. The highest BCUT2D eigenvalue weighted by molar-refractivity contribution is 5.92. The van der Waals surface area contributed by atoms with Gasteiger partial charge in [0.2, 0.25) is 18.2 Å². The molecule has 7 nitrogen and oxygen atoms in total. The third-order valence-electron chi connectivity index (χ3n) is 2.66. The number of carbonyl (C=O) groups is 4. The Labute approximate surface area is 118 Å². The number of hydrogen-bond donors (Lipinski definition) is 3. The van der Waals surface area contributed by atoms with Crippen LogP contribution in [0.15, 0.2) is 0 Å². The summed E-state index contributed by atoms with van der Waals surface area (Å²) in [5.41, 5.74) is 0. The lowest BCUT2D eigenvalue weighted by Crippen LogP contribution is -2.49. The van der Waals surface area contributed by atoms with E-state index in [1.165, 1.54) is 0 Å². The van der Waals surface area contributed by atoms with Crippen molar-refractivity contribution in [3.63, 3.8) is 0 Å². The van der Waals surface area contributed by atoms with Crippen molar-refractivity contribution in [2.75, 3.05) is 13.1 Å². The van der Waals surface area contributed by atoms with Crippen LogP contribution in [0.1, 0.15) is 33.6 Å². The fourth-order valence-corrected chi connectivity index (χ4v) is 1.44. The molecular weight excluding hydrogens is 262 g/mol. The second kappa shape index (κ2) is 9.94. The Kier molecular flexibility index (Phi) is 8.98. The van der Waals surface area contributed by atoms with Gasteiger partial charge in [-0.2, -0.15) is 0 Å². The fraction of sp³-hybridized carbons (Fsp3) is 0.692. The van der Waals surface area contributed by atoms with Crippen molar-refractivity contribution >= 4 is 24.0 Å². The smallest absolute Gasteiger partial charge is 0.242 e. The summed E-state index contributed by atoms with van der Waals surface area (Å²) in [6, 6.07) is -0.694. The molecule has 0 radical (unpaired) electrons. The molecule has 0 aromatic rings. The summed E-state index contributed by atoms with van der Waals surface area (Å²) in [5, 5.41) is 7.26. The van der Waals surface area contributed by atoms with E-state index in [1.54, 1.807) is 13.8 Å². The molecule has 0 bridgehead atoms. The Morgan fingerprint density at radius 2 is 1.80 bits per heavy atom. The van der Waals surface area contributed by atoms with Crippen LogP contribution in [0.25, 0.3) is 0 Å². The van der Waals surface area contributed by atoms with E-state index < -0.39 is 11.9 Å². The summed E-state index contributed by atoms with van der Waals surface area (Å²) in [4.78, 5) is 44.9. The number of rotatable bonds is 10. The third-order valence-corrected chi connectivity index (χ3v) is 2.66. The Bertz CT molecular complexity index is 356. The lowest BCUT2D eigenvalue weighted by atomic mass is 10.1. The van der Waals surface area contributed by atoms with Crippen LogP contribution in [0.5, 0.6) is 0 Å². The van der Waals surface area contributed by atoms with Gasteiger partial charge in [-0.25, -0.2) is 0 Å². The zero-order valence-electron chi connectivity index (χ0n) is 12.2. The molecule has 0 rings (SSSR count). The largest absolute Gasteiger partial charge is 0.350 e. The van der Waals surface area contributed by atoms with Crippen LogP contribution in [-0.2, 0) is 19.2 Å². The molecule has 1 atom stereocenters. The minimum Gasteiger partial charge on any atom is -0.350 e. The molecule has 0 aliphatic rings. The van der Waals surface area contributed by atoms with Gasteiger partial charge in [0, 0.05) is 5.92 Å². The third kappa shape index (κ3) is 7.50. The fourth-order valence-electron chi connectivity index (χ4n) is 1.44. The summed E-state index contributed by atoms with van der Waals surface area (Å²) in [6.07, 6.45) is 1.59. The van der Waals surface area contributed by atoms with Crippen molar-refractivity contribution in [2.24, 2.45) is 5.92 Å². The van der Waals surface area contributed by atoms with E-state index in [1.807, 2.05) is 6.92 Å². The van der Waals surface area contributed by atoms with Gasteiger partial charge in [-0.15, -0.1) is 0 Å². The summed E-state index contributed by atoms with van der Waals surface area (Å²) in [7, 11) is 0. The molecule has 0 saturated carbocycles. The Morgan fingerprint density at radius 3 is 2.30 bits per heavy atom. The van der Waals surface area contributed by atoms with Crippen molar-refractivity contribution < 1.29 is 19.2 Å². The van der Waals surface area contributed by atoms with E-state index in [-0.39, 0.29) is 30.7 Å². The topological polar surface area (TPSA) is 104 Å². The van der Waals surface area contributed by atoms with E-state index in [0.717, 1.165) is 0 Å². The van der Waals surface area contributed by atoms with Gasteiger partial charge in [-0.05, 0) is 6.42 Å². The predicted molar refractivity (Wildman–Crippen MR) is 73.8 cm³/mol. The first-order valence-corrected chi connectivity index (χ1v) is 6.69. The molecule has 3 N–H and O–H groups in total. The highest BCUT2D eigenvalue weighted by atomic mass is 16.2. The second-order valence-corrected chi connectivity index (χ2v) is 4.75. The van der Waals surface area contributed by atoms with Gasteiger partial charge >= 0.3 is 0 Å². The molecule has 0 fully saturated rings. The van der Waals surface area contributed by atoms with Gasteiger partial charge < -0.3 is 16.0 Å². The minimum absolute atomic E-state index is 0.0425. The van der Waals surface area contributed by atoms with Crippen LogP contribution in [0, 0.1) is 5.92 Å². The molecule has 0 aromatic carbocycles. The molecule has 0 saturated heterocycles. The Morgan fingerprint density at radius 1 is 1.15 bits per heavy atom. The van der Waals surface area contributed by atoms with Crippen LogP contribution in [0.4, 0.5) is 0 Å². The summed E-state index contributed by atoms with van der Waals surface area (Å²) < 4.78 is 0. The number of nitrogens with one attached hydrogen (secondary N) is 3. The van der Waals surface area contributed by atoms with Crippen molar-refractivity contribution in [3.05, 3.63) is 0 Å². The molecule has 0 aromatic heterocycles. The zero-order chi connectivity index (χ0) is 15.5. The van der Waals surface area contributed by atoms with Crippen LogP contribution < -0.4 is 16.0 Å². The molecule has 0 aliphatic heterocycles. The summed E-state index contributed by atoms with van der Waals surface area (Å²) >= 11 is 0. The molecule has 1 unspecified atom stereocenters. The Balaban J connectivity index is 4.35. The van der Waals surface area contributed by atoms with Crippen LogP contribution in [0.3, 0.4) is 0 Å². The zero-order valence-corrected chi connectivity index (χ0v) is 12.2. The van der Waals surface area contributed by atoms with Crippen LogP contribution >= 0.6 is 0 Å². The van der Waals surface area contributed by atoms with Crippen LogP contribution in [0.2, 0.25) is 0 Å². The van der Waals surface area contributed by atoms with Gasteiger partial charge in [-0.3, -0.25) is 19.2 Å². The molecule has 0 aliphatic carbocycles. The average Bonchev–Trinajstić information content (AvgIpc) is 2.41. The maximum absolute atomic E-state index is 11.9. The number of hydrogen-bond acceptors (Lipinski definition) is 4. The summed E-state index contributed by atoms with van der Waals surface area (Å²) in [6.45, 7) is 5.17. The number of amides is 3. The average molecular weight is 285 g/mol. The molecule has 20 heavy (non-hydrogen) atoms. The van der Waals surface area contributed by atoms with Gasteiger partial charge in [-0.1, -0.05) is 27.2 Å².